The highest BCUT2D eigenvalue weighted by molar-refractivity contribution is 6.34. The molecular weight excluding hydrogens is 431 g/mol. The van der Waals surface area contributed by atoms with Crippen LogP contribution in [0, 0.1) is 5.82 Å². The molecule has 160 valence electrons. The summed E-state index contributed by atoms with van der Waals surface area (Å²) in [6, 6.07) is 7.88. The van der Waals surface area contributed by atoms with Gasteiger partial charge in [-0.2, -0.15) is 0 Å². The Bertz CT molecular complexity index is 1160. The Hall–Kier alpha value is -3.92. The molecule has 0 atom stereocenters. The number of anilines is 2. The zero-order valence-corrected chi connectivity index (χ0v) is 17.0. The second kappa shape index (κ2) is 9.26. The maximum Gasteiger partial charge on any atom is 0.356 e. The highest BCUT2D eigenvalue weighted by atomic mass is 35.5. The van der Waals surface area contributed by atoms with Crippen LogP contribution >= 0.6 is 11.6 Å². The van der Waals surface area contributed by atoms with Gasteiger partial charge in [0.25, 0.3) is 11.8 Å². The molecule has 0 aliphatic carbocycles. The molecule has 2 amide bonds. The fraction of sp³-hybridized carbons (Fsp3) is 0.100. The number of hydrogen-bond acceptors (Lipinski definition) is 6. The van der Waals surface area contributed by atoms with Crippen LogP contribution in [0.2, 0.25) is 5.02 Å². The molecule has 0 spiro atoms. The number of carbonyl (C=O) groups is 3. The number of nitrogens with zero attached hydrogens (tertiary/aromatic N) is 1. The van der Waals surface area contributed by atoms with Crippen LogP contribution in [-0.4, -0.2) is 42.0 Å². The maximum atomic E-state index is 13.2. The monoisotopic (exact) mass is 446 g/mol. The molecule has 0 radical (unpaired) electrons. The van der Waals surface area contributed by atoms with E-state index in [-0.39, 0.29) is 27.7 Å². The molecule has 0 aliphatic heterocycles. The largest absolute Gasteiger partial charge is 0.494 e. The lowest BCUT2D eigenvalue weighted by Crippen LogP contribution is -2.17. The second-order valence-electron chi connectivity index (χ2n) is 6.07. The fourth-order valence-electron chi connectivity index (χ4n) is 2.65. The SMILES string of the molecule is COC(=O)c1[nH]cnc1C(=O)Nc1ccc(NC(=O)c2ccc(F)cc2Cl)c(OC)c1. The summed E-state index contributed by atoms with van der Waals surface area (Å²) in [6.45, 7) is 0. The van der Waals surface area contributed by atoms with Crippen molar-refractivity contribution < 1.29 is 28.2 Å². The van der Waals surface area contributed by atoms with Gasteiger partial charge in [-0.3, -0.25) is 9.59 Å². The van der Waals surface area contributed by atoms with E-state index in [4.69, 9.17) is 16.3 Å². The molecule has 0 saturated heterocycles. The molecule has 0 aliphatic rings. The van der Waals surface area contributed by atoms with Crippen molar-refractivity contribution in [3.8, 4) is 5.75 Å². The number of rotatable bonds is 6. The molecular formula is C20H16ClFN4O5. The lowest BCUT2D eigenvalue weighted by atomic mass is 10.2. The summed E-state index contributed by atoms with van der Waals surface area (Å²) in [7, 11) is 2.56. The van der Waals surface area contributed by atoms with Gasteiger partial charge in [0.2, 0.25) is 0 Å². The highest BCUT2D eigenvalue weighted by Gasteiger charge is 2.21. The number of methoxy groups -OCH3 is 2. The summed E-state index contributed by atoms with van der Waals surface area (Å²) < 4.78 is 23.1. The lowest BCUT2D eigenvalue weighted by molar-refractivity contribution is 0.0591. The Kier molecular flexibility index (Phi) is 6.51. The van der Waals surface area contributed by atoms with Gasteiger partial charge in [0.15, 0.2) is 11.4 Å². The number of H-pyrrole nitrogens is 1. The molecule has 0 fully saturated rings. The van der Waals surface area contributed by atoms with Gasteiger partial charge < -0.3 is 25.1 Å². The number of esters is 1. The average molecular weight is 447 g/mol. The molecule has 3 aromatic rings. The first kappa shape index (κ1) is 21.8. The molecule has 2 aromatic carbocycles. The Morgan fingerprint density at radius 2 is 1.84 bits per heavy atom. The van der Waals surface area contributed by atoms with Crippen molar-refractivity contribution in [2.75, 3.05) is 24.9 Å². The number of imidazole rings is 1. The number of halogens is 2. The minimum atomic E-state index is -0.738. The van der Waals surface area contributed by atoms with Gasteiger partial charge in [0.05, 0.1) is 36.8 Å². The van der Waals surface area contributed by atoms with Crippen LogP contribution in [0.25, 0.3) is 0 Å². The van der Waals surface area contributed by atoms with Crippen molar-refractivity contribution in [1.82, 2.24) is 9.97 Å². The number of hydrogen-bond donors (Lipinski definition) is 3. The van der Waals surface area contributed by atoms with E-state index in [0.29, 0.717) is 11.4 Å². The molecule has 0 unspecified atom stereocenters. The van der Waals surface area contributed by atoms with Crippen molar-refractivity contribution in [3.05, 3.63) is 70.5 Å². The second-order valence-corrected chi connectivity index (χ2v) is 6.47. The zero-order valence-electron chi connectivity index (χ0n) is 16.3. The Balaban J connectivity index is 1.78. The van der Waals surface area contributed by atoms with Gasteiger partial charge >= 0.3 is 5.97 Å². The van der Waals surface area contributed by atoms with Crippen LogP contribution in [-0.2, 0) is 4.74 Å². The number of carbonyl (C=O) groups excluding carboxylic acids is 3. The summed E-state index contributed by atoms with van der Waals surface area (Å²) >= 11 is 5.92. The normalized spacial score (nSPS) is 10.3. The number of benzene rings is 2. The van der Waals surface area contributed by atoms with Crippen molar-refractivity contribution in [1.29, 1.82) is 0 Å². The Labute approximate surface area is 180 Å². The summed E-state index contributed by atoms with van der Waals surface area (Å²) in [6.07, 6.45) is 1.20. The first-order valence-electron chi connectivity index (χ1n) is 8.71. The van der Waals surface area contributed by atoms with Crippen LogP contribution in [0.15, 0.2) is 42.7 Å². The van der Waals surface area contributed by atoms with Crippen LogP contribution in [0.3, 0.4) is 0 Å². The summed E-state index contributed by atoms with van der Waals surface area (Å²) in [5.41, 5.74) is 0.455. The zero-order chi connectivity index (χ0) is 22.5. The molecule has 1 heterocycles. The Morgan fingerprint density at radius 3 is 2.52 bits per heavy atom. The van der Waals surface area contributed by atoms with Gasteiger partial charge in [-0.15, -0.1) is 0 Å². The van der Waals surface area contributed by atoms with Gasteiger partial charge in [-0.1, -0.05) is 11.6 Å². The van der Waals surface area contributed by atoms with Crippen molar-refractivity contribution in [3.63, 3.8) is 0 Å². The van der Waals surface area contributed by atoms with Gasteiger partial charge in [-0.25, -0.2) is 14.2 Å². The fourth-order valence-corrected chi connectivity index (χ4v) is 2.90. The van der Waals surface area contributed by atoms with Gasteiger partial charge in [-0.05, 0) is 30.3 Å². The maximum absolute atomic E-state index is 13.2. The molecule has 31 heavy (non-hydrogen) atoms. The smallest absolute Gasteiger partial charge is 0.356 e. The predicted octanol–water partition coefficient (Wildman–Crippen LogP) is 3.50. The summed E-state index contributed by atoms with van der Waals surface area (Å²) in [5, 5.41) is 5.16. The molecule has 1 aromatic heterocycles. The lowest BCUT2D eigenvalue weighted by Gasteiger charge is -2.13. The minimum Gasteiger partial charge on any atom is -0.494 e. The Morgan fingerprint density at radius 1 is 1.06 bits per heavy atom. The molecule has 3 rings (SSSR count). The third kappa shape index (κ3) is 4.81. The number of aromatic amines is 1. The standard InChI is InChI=1S/C20H16ClFN4O5/c1-30-15-8-11(25-19(28)16-17(20(29)31-2)24-9-23-16)4-6-14(15)26-18(27)12-5-3-10(22)7-13(12)21/h3-9H,1-2H3,(H,23,24)(H,25,28)(H,26,27). The van der Waals surface area contributed by atoms with E-state index in [1.807, 2.05) is 0 Å². The van der Waals surface area contributed by atoms with Crippen LogP contribution in [0.5, 0.6) is 5.75 Å². The van der Waals surface area contributed by atoms with Crippen LogP contribution in [0.4, 0.5) is 15.8 Å². The van der Waals surface area contributed by atoms with Gasteiger partial charge in [0.1, 0.15) is 11.6 Å². The predicted molar refractivity (Wildman–Crippen MR) is 110 cm³/mol. The number of ether oxygens (including phenoxy) is 2. The van der Waals surface area contributed by atoms with E-state index < -0.39 is 23.6 Å². The third-order valence-corrected chi connectivity index (χ3v) is 4.44. The summed E-state index contributed by atoms with van der Waals surface area (Å²) in [5.74, 6) is -2.29. The minimum absolute atomic E-state index is 0.0410. The van der Waals surface area contributed by atoms with Crippen molar-refractivity contribution >= 4 is 40.8 Å². The van der Waals surface area contributed by atoms with Crippen molar-refractivity contribution in [2.24, 2.45) is 0 Å². The van der Waals surface area contributed by atoms with Crippen molar-refractivity contribution in [2.45, 2.75) is 0 Å². The van der Waals surface area contributed by atoms with E-state index in [2.05, 4.69) is 25.3 Å². The molecule has 3 N–H and O–H groups in total. The van der Waals surface area contributed by atoms with Crippen LogP contribution < -0.4 is 15.4 Å². The average Bonchev–Trinajstić information content (AvgIpc) is 3.24. The van der Waals surface area contributed by atoms with E-state index in [1.165, 1.54) is 44.8 Å². The van der Waals surface area contributed by atoms with E-state index >= 15 is 0 Å². The number of aromatic nitrogens is 2. The topological polar surface area (TPSA) is 122 Å². The summed E-state index contributed by atoms with van der Waals surface area (Å²) in [4.78, 5) is 43.0. The number of amides is 2. The van der Waals surface area contributed by atoms with Gasteiger partial charge in [0, 0.05) is 11.8 Å². The first-order chi connectivity index (χ1) is 14.8. The first-order valence-corrected chi connectivity index (χ1v) is 9.09. The third-order valence-electron chi connectivity index (χ3n) is 4.13. The van der Waals surface area contributed by atoms with E-state index in [0.717, 1.165) is 12.1 Å². The molecule has 0 saturated carbocycles. The van der Waals surface area contributed by atoms with E-state index in [9.17, 15) is 18.8 Å². The molecule has 11 heteroatoms. The highest BCUT2D eigenvalue weighted by Crippen LogP contribution is 2.29. The number of nitrogens with one attached hydrogen (secondary N) is 3. The van der Waals surface area contributed by atoms with E-state index in [1.54, 1.807) is 0 Å². The van der Waals surface area contributed by atoms with Crippen LogP contribution in [0.1, 0.15) is 31.3 Å². The molecule has 0 bridgehead atoms. The molecule has 9 nitrogen and oxygen atoms in total. The quantitative estimate of drug-likeness (QED) is 0.498.